The van der Waals surface area contributed by atoms with Crippen molar-refractivity contribution < 1.29 is 14.3 Å². The number of rotatable bonds is 3. The van der Waals surface area contributed by atoms with E-state index in [4.69, 9.17) is 11.6 Å². The van der Waals surface area contributed by atoms with Gasteiger partial charge in [-0.3, -0.25) is 9.36 Å². The first-order valence-corrected chi connectivity index (χ1v) is 5.90. The zero-order valence-electron chi connectivity index (χ0n) is 7.13. The van der Waals surface area contributed by atoms with Gasteiger partial charge < -0.3 is 4.89 Å². The van der Waals surface area contributed by atoms with Crippen LogP contribution in [0.25, 0.3) is 0 Å². The first-order chi connectivity index (χ1) is 6.52. The molecule has 0 radical (unpaired) electrons. The van der Waals surface area contributed by atoms with Gasteiger partial charge in [-0.15, -0.1) is 0 Å². The first-order valence-electron chi connectivity index (χ1n) is 3.79. The molecule has 1 atom stereocenters. The molecule has 0 saturated carbocycles. The molecular formula is C9H8ClO3P. The highest BCUT2D eigenvalue weighted by atomic mass is 35.5. The number of carbonyl (C=O) groups excluding carboxylic acids is 1. The van der Waals surface area contributed by atoms with Crippen molar-refractivity contribution >= 4 is 29.5 Å². The number of benzene rings is 1. The van der Waals surface area contributed by atoms with Crippen LogP contribution in [0.4, 0.5) is 0 Å². The van der Waals surface area contributed by atoms with Gasteiger partial charge in [0.15, 0.2) is 0 Å². The summed E-state index contributed by atoms with van der Waals surface area (Å²) in [5.41, 5.74) is 0. The van der Waals surface area contributed by atoms with Gasteiger partial charge in [0.05, 0.1) is 0 Å². The molecule has 0 spiro atoms. The molecule has 0 aliphatic heterocycles. The molecule has 0 fully saturated rings. The summed E-state index contributed by atoms with van der Waals surface area (Å²) in [6.07, 6.45) is 0.884. The highest BCUT2D eigenvalue weighted by Gasteiger charge is 2.16. The topological polar surface area (TPSA) is 54.4 Å². The average molecular weight is 231 g/mol. The summed E-state index contributed by atoms with van der Waals surface area (Å²) in [5.74, 6) is 0.928. The molecule has 3 nitrogen and oxygen atoms in total. The quantitative estimate of drug-likeness (QED) is 0.490. The first kappa shape index (κ1) is 11.2. The molecule has 0 saturated heterocycles. The van der Waals surface area contributed by atoms with Crippen molar-refractivity contribution in [1.29, 1.82) is 0 Å². The lowest BCUT2D eigenvalue weighted by Crippen LogP contribution is -2.00. The maximum Gasteiger partial charge on any atom is 0.251 e. The second-order valence-electron chi connectivity index (χ2n) is 2.58. The van der Waals surface area contributed by atoms with Gasteiger partial charge in [0.1, 0.15) is 0 Å². The van der Waals surface area contributed by atoms with Crippen LogP contribution in [0, 0.1) is 0 Å². The highest BCUT2D eigenvalue weighted by Crippen LogP contribution is 2.40. The van der Waals surface area contributed by atoms with Crippen molar-refractivity contribution in [3.05, 3.63) is 42.2 Å². The summed E-state index contributed by atoms with van der Waals surface area (Å²) in [7, 11) is -3.58. The fourth-order valence-electron chi connectivity index (χ4n) is 0.887. The van der Waals surface area contributed by atoms with E-state index in [1.807, 2.05) is 0 Å². The van der Waals surface area contributed by atoms with E-state index < -0.39 is 12.6 Å². The number of hydrogen-bond donors (Lipinski definition) is 1. The highest BCUT2D eigenvalue weighted by molar-refractivity contribution is 7.69. The average Bonchev–Trinajstić information content (AvgIpc) is 2.16. The number of halogens is 1. The Morgan fingerprint density at radius 2 is 1.93 bits per heavy atom. The van der Waals surface area contributed by atoms with E-state index in [0.717, 1.165) is 11.9 Å². The summed E-state index contributed by atoms with van der Waals surface area (Å²) in [5, 5.41) is -0.496. The lowest BCUT2D eigenvalue weighted by Gasteiger charge is -2.04. The fraction of sp³-hybridized carbons (Fsp3) is 0. The normalized spacial score (nSPS) is 15.3. The zero-order valence-corrected chi connectivity index (χ0v) is 8.78. The molecule has 0 heterocycles. The summed E-state index contributed by atoms with van der Waals surface area (Å²) in [6.45, 7) is 0. The van der Waals surface area contributed by atoms with Crippen molar-refractivity contribution in [3.8, 4) is 0 Å². The molecular weight excluding hydrogens is 223 g/mol. The number of hydrogen-bond acceptors (Lipinski definition) is 2. The van der Waals surface area contributed by atoms with Crippen LogP contribution in [0.5, 0.6) is 0 Å². The van der Waals surface area contributed by atoms with Crippen molar-refractivity contribution in [2.24, 2.45) is 0 Å². The molecule has 0 bridgehead atoms. The van der Waals surface area contributed by atoms with E-state index in [1.54, 1.807) is 18.2 Å². The van der Waals surface area contributed by atoms with Crippen LogP contribution in [0.15, 0.2) is 42.2 Å². The predicted molar refractivity (Wildman–Crippen MR) is 55.9 cm³/mol. The molecule has 74 valence electrons. The molecule has 1 aromatic carbocycles. The largest absolute Gasteiger partial charge is 0.338 e. The van der Waals surface area contributed by atoms with Crippen LogP contribution in [0.2, 0.25) is 0 Å². The predicted octanol–water partition coefficient (Wildman–Crippen LogP) is 1.86. The molecule has 1 rings (SSSR count). The van der Waals surface area contributed by atoms with Crippen LogP contribution in [0.3, 0.4) is 0 Å². The summed E-state index contributed by atoms with van der Waals surface area (Å²) < 4.78 is 11.6. The maximum absolute atomic E-state index is 11.6. The third-order valence-electron chi connectivity index (χ3n) is 1.53. The lowest BCUT2D eigenvalue weighted by atomic mass is 10.4. The van der Waals surface area contributed by atoms with Gasteiger partial charge in [-0.2, -0.15) is 0 Å². The number of carbonyl (C=O) groups is 1. The van der Waals surface area contributed by atoms with Crippen LogP contribution < -0.4 is 5.30 Å². The maximum atomic E-state index is 11.6. The van der Waals surface area contributed by atoms with Crippen molar-refractivity contribution in [2.45, 2.75) is 0 Å². The molecule has 14 heavy (non-hydrogen) atoms. The molecule has 0 amide bonds. The molecule has 0 aliphatic rings. The number of allylic oxidation sites excluding steroid dienone is 1. The van der Waals surface area contributed by atoms with E-state index in [-0.39, 0.29) is 5.30 Å². The summed E-state index contributed by atoms with van der Waals surface area (Å²) >= 11 is 5.01. The zero-order chi connectivity index (χ0) is 10.6. The van der Waals surface area contributed by atoms with Gasteiger partial charge in [0, 0.05) is 17.2 Å². The lowest BCUT2D eigenvalue weighted by molar-refractivity contribution is -0.107. The van der Waals surface area contributed by atoms with Gasteiger partial charge in [-0.05, 0) is 23.7 Å². The Balaban J connectivity index is 2.98. The Hall–Kier alpha value is -0.890. The molecule has 1 unspecified atom stereocenters. The smallest absolute Gasteiger partial charge is 0.251 e. The van der Waals surface area contributed by atoms with Gasteiger partial charge in [-0.1, -0.05) is 18.2 Å². The van der Waals surface area contributed by atoms with Gasteiger partial charge in [0.2, 0.25) is 5.24 Å². The minimum absolute atomic E-state index is 0.272. The molecule has 1 N–H and O–H groups in total. The molecule has 5 heteroatoms. The Kier molecular flexibility index (Phi) is 3.64. The molecule has 1 aromatic rings. The van der Waals surface area contributed by atoms with Gasteiger partial charge >= 0.3 is 0 Å². The van der Waals surface area contributed by atoms with Crippen LogP contribution in [-0.4, -0.2) is 10.1 Å². The Bertz CT molecular complexity index is 400. The van der Waals surface area contributed by atoms with Crippen LogP contribution in [0.1, 0.15) is 0 Å². The van der Waals surface area contributed by atoms with Crippen LogP contribution in [-0.2, 0) is 9.36 Å². The second-order valence-corrected chi connectivity index (χ2v) is 5.01. The third kappa shape index (κ3) is 3.11. The minimum Gasteiger partial charge on any atom is -0.338 e. The van der Waals surface area contributed by atoms with Gasteiger partial charge in [0.25, 0.3) is 7.37 Å². The third-order valence-corrected chi connectivity index (χ3v) is 3.25. The Morgan fingerprint density at radius 1 is 1.36 bits per heavy atom. The Labute approximate surface area is 86.5 Å². The van der Waals surface area contributed by atoms with E-state index >= 15 is 0 Å². The van der Waals surface area contributed by atoms with Crippen molar-refractivity contribution in [3.63, 3.8) is 0 Å². The Morgan fingerprint density at radius 3 is 2.43 bits per heavy atom. The fourth-order valence-corrected chi connectivity index (χ4v) is 2.15. The van der Waals surface area contributed by atoms with Crippen molar-refractivity contribution in [2.75, 3.05) is 0 Å². The van der Waals surface area contributed by atoms with Gasteiger partial charge in [-0.25, -0.2) is 0 Å². The minimum atomic E-state index is -3.58. The van der Waals surface area contributed by atoms with E-state index in [2.05, 4.69) is 0 Å². The monoisotopic (exact) mass is 230 g/mol. The van der Waals surface area contributed by atoms with E-state index in [1.165, 1.54) is 12.1 Å². The molecule has 0 aromatic heterocycles. The second kappa shape index (κ2) is 4.56. The van der Waals surface area contributed by atoms with Crippen LogP contribution >= 0.6 is 19.0 Å². The summed E-state index contributed by atoms with van der Waals surface area (Å²) in [4.78, 5) is 19.9. The standard InChI is InChI=1S/C9H8ClO3P/c10-9(11)6-7-14(12,13)8-4-2-1-3-5-8/h1-7H,(H,12,13)/b7-6+. The molecule has 0 aliphatic carbocycles. The SMILES string of the molecule is O=C(Cl)/C=C/P(=O)(O)c1ccccc1. The van der Waals surface area contributed by atoms with E-state index in [9.17, 15) is 14.3 Å². The summed E-state index contributed by atoms with van der Waals surface area (Å²) in [6, 6.07) is 8.07. The van der Waals surface area contributed by atoms with E-state index in [0.29, 0.717) is 0 Å². The van der Waals surface area contributed by atoms with Crippen molar-refractivity contribution in [1.82, 2.24) is 0 Å².